The third-order valence-corrected chi connectivity index (χ3v) is 1.98. The van der Waals surface area contributed by atoms with Gasteiger partial charge < -0.3 is 0 Å². The Morgan fingerprint density at radius 2 is 2.36 bits per heavy atom. The van der Waals surface area contributed by atoms with Crippen molar-refractivity contribution in [2.24, 2.45) is 11.0 Å². The molecule has 0 amide bonds. The summed E-state index contributed by atoms with van der Waals surface area (Å²) in [6, 6.07) is 0. The molecule has 0 unspecified atom stereocenters. The van der Waals surface area contributed by atoms with E-state index in [-0.39, 0.29) is 5.56 Å². The van der Waals surface area contributed by atoms with Gasteiger partial charge in [-0.2, -0.15) is 14.9 Å². The second-order valence-corrected chi connectivity index (χ2v) is 3.76. The van der Waals surface area contributed by atoms with Gasteiger partial charge in [0.15, 0.2) is 0 Å². The number of hydrogen-bond acceptors (Lipinski definition) is 5. The Hall–Kier alpha value is -1.17. The zero-order chi connectivity index (χ0) is 10.6. The average Bonchev–Trinajstić information content (AvgIpc) is 2.15. The minimum atomic E-state index is -0.263. The van der Waals surface area contributed by atoms with Crippen LogP contribution in [0, 0.1) is 5.92 Å². The van der Waals surface area contributed by atoms with Gasteiger partial charge in [-0.3, -0.25) is 4.79 Å². The molecule has 0 aliphatic heterocycles. The Morgan fingerprint density at radius 1 is 1.64 bits per heavy atom. The van der Waals surface area contributed by atoms with E-state index in [0.29, 0.717) is 11.1 Å². The number of rotatable bonds is 3. The minimum absolute atomic E-state index is 0.263. The van der Waals surface area contributed by atoms with Crippen molar-refractivity contribution in [1.82, 2.24) is 14.9 Å². The number of thioether (sulfide) groups is 1. The monoisotopic (exact) mass is 212 g/mol. The van der Waals surface area contributed by atoms with Crippen molar-refractivity contribution in [3.8, 4) is 0 Å². The van der Waals surface area contributed by atoms with Crippen LogP contribution >= 0.6 is 11.8 Å². The van der Waals surface area contributed by atoms with E-state index in [1.54, 1.807) is 6.21 Å². The summed E-state index contributed by atoms with van der Waals surface area (Å²) in [6.07, 6.45) is 4.67. The van der Waals surface area contributed by atoms with Crippen molar-refractivity contribution < 1.29 is 0 Å². The first-order valence-corrected chi connectivity index (χ1v) is 5.41. The van der Waals surface area contributed by atoms with Gasteiger partial charge in [-0.25, -0.2) is 0 Å². The maximum atomic E-state index is 11.3. The maximum Gasteiger partial charge on any atom is 0.293 e. The Kier molecular flexibility index (Phi) is 3.82. The highest BCUT2D eigenvalue weighted by Crippen LogP contribution is 2.06. The molecule has 0 saturated heterocycles. The fraction of sp³-hybridized carbons (Fsp3) is 0.500. The molecule has 1 rings (SSSR count). The molecular formula is C8H12N4OS. The van der Waals surface area contributed by atoms with E-state index in [1.165, 1.54) is 16.4 Å². The third kappa shape index (κ3) is 2.66. The molecule has 0 N–H and O–H groups in total. The van der Waals surface area contributed by atoms with Gasteiger partial charge in [0.25, 0.3) is 5.56 Å². The summed E-state index contributed by atoms with van der Waals surface area (Å²) in [5.74, 6) is 0.296. The Bertz CT molecular complexity index is 385. The molecule has 0 fully saturated rings. The van der Waals surface area contributed by atoms with E-state index >= 15 is 0 Å². The fourth-order valence-electron chi connectivity index (χ4n) is 0.753. The largest absolute Gasteiger partial charge is 0.293 e. The molecule has 14 heavy (non-hydrogen) atoms. The van der Waals surface area contributed by atoms with E-state index in [0.717, 1.165) is 6.20 Å². The summed E-state index contributed by atoms with van der Waals surface area (Å²) in [4.78, 5) is 11.3. The molecule has 6 heteroatoms. The van der Waals surface area contributed by atoms with Crippen LogP contribution in [0.2, 0.25) is 0 Å². The van der Waals surface area contributed by atoms with Gasteiger partial charge in [0.2, 0.25) is 5.16 Å². The SMILES string of the molecule is CSc1nncc(=O)n1/N=C\C(C)C. The fourth-order valence-corrected chi connectivity index (χ4v) is 1.19. The van der Waals surface area contributed by atoms with Crippen LogP contribution in [0.5, 0.6) is 0 Å². The van der Waals surface area contributed by atoms with Crippen LogP contribution in [0.15, 0.2) is 21.2 Å². The normalized spacial score (nSPS) is 11.4. The second-order valence-electron chi connectivity index (χ2n) is 2.99. The van der Waals surface area contributed by atoms with E-state index in [1.807, 2.05) is 20.1 Å². The van der Waals surface area contributed by atoms with E-state index in [9.17, 15) is 4.79 Å². The molecule has 0 saturated carbocycles. The van der Waals surface area contributed by atoms with Crippen LogP contribution in [0.1, 0.15) is 13.8 Å². The van der Waals surface area contributed by atoms with Crippen molar-refractivity contribution >= 4 is 18.0 Å². The Balaban J connectivity index is 3.11. The van der Waals surface area contributed by atoms with Crippen LogP contribution < -0.4 is 5.56 Å². The van der Waals surface area contributed by atoms with Crippen molar-refractivity contribution in [1.29, 1.82) is 0 Å². The van der Waals surface area contributed by atoms with E-state index in [4.69, 9.17) is 0 Å². The maximum absolute atomic E-state index is 11.3. The summed E-state index contributed by atoms with van der Waals surface area (Å²) in [5.41, 5.74) is -0.263. The molecule has 0 aromatic carbocycles. The van der Waals surface area contributed by atoms with E-state index < -0.39 is 0 Å². The highest BCUT2D eigenvalue weighted by Gasteiger charge is 2.02. The number of nitrogens with zero attached hydrogens (tertiary/aromatic N) is 4. The van der Waals surface area contributed by atoms with Crippen LogP contribution in [0.25, 0.3) is 0 Å². The molecule has 5 nitrogen and oxygen atoms in total. The third-order valence-electron chi connectivity index (χ3n) is 1.36. The topological polar surface area (TPSA) is 60.1 Å². The zero-order valence-electron chi connectivity index (χ0n) is 8.34. The van der Waals surface area contributed by atoms with Gasteiger partial charge in [-0.15, -0.1) is 5.10 Å². The first kappa shape index (κ1) is 10.9. The van der Waals surface area contributed by atoms with Crippen molar-refractivity contribution in [3.05, 3.63) is 16.6 Å². The molecular weight excluding hydrogens is 200 g/mol. The zero-order valence-corrected chi connectivity index (χ0v) is 9.15. The lowest BCUT2D eigenvalue weighted by Gasteiger charge is -2.01. The lowest BCUT2D eigenvalue weighted by atomic mass is 10.3. The van der Waals surface area contributed by atoms with Crippen LogP contribution in [0.4, 0.5) is 0 Å². The average molecular weight is 212 g/mol. The highest BCUT2D eigenvalue weighted by atomic mass is 32.2. The van der Waals surface area contributed by atoms with Gasteiger partial charge in [-0.1, -0.05) is 25.6 Å². The standard InChI is InChI=1S/C8H12N4OS/c1-6(2)4-10-12-7(13)5-9-11-8(12)14-3/h4-6H,1-3H3/b10-4-. The van der Waals surface area contributed by atoms with Gasteiger partial charge in [0.1, 0.15) is 6.20 Å². The summed E-state index contributed by atoms with van der Waals surface area (Å²) < 4.78 is 1.25. The number of aromatic nitrogens is 3. The van der Waals surface area contributed by atoms with Gasteiger partial charge in [-0.05, 0) is 12.2 Å². The molecule has 0 aliphatic rings. The van der Waals surface area contributed by atoms with Gasteiger partial charge in [0.05, 0.1) is 0 Å². The molecule has 0 atom stereocenters. The van der Waals surface area contributed by atoms with Crippen molar-refractivity contribution in [2.75, 3.05) is 6.26 Å². The summed E-state index contributed by atoms with van der Waals surface area (Å²) >= 11 is 1.34. The second kappa shape index (κ2) is 4.90. The first-order chi connectivity index (χ1) is 6.65. The lowest BCUT2D eigenvalue weighted by Crippen LogP contribution is -2.19. The Morgan fingerprint density at radius 3 is 2.93 bits per heavy atom. The quantitative estimate of drug-likeness (QED) is 0.550. The Labute approximate surface area is 86.2 Å². The van der Waals surface area contributed by atoms with Crippen LogP contribution in [0.3, 0.4) is 0 Å². The molecule has 0 radical (unpaired) electrons. The first-order valence-electron chi connectivity index (χ1n) is 4.18. The predicted octanol–water partition coefficient (Wildman–Crippen LogP) is 0.850. The predicted molar refractivity (Wildman–Crippen MR) is 56.8 cm³/mol. The lowest BCUT2D eigenvalue weighted by molar-refractivity contribution is 0.643. The minimum Gasteiger partial charge on any atom is -0.265 e. The summed E-state index contributed by atoms with van der Waals surface area (Å²) in [5, 5.41) is 11.9. The van der Waals surface area contributed by atoms with Crippen LogP contribution in [-0.4, -0.2) is 27.3 Å². The van der Waals surface area contributed by atoms with E-state index in [2.05, 4.69) is 15.3 Å². The summed E-state index contributed by atoms with van der Waals surface area (Å²) in [7, 11) is 0. The molecule has 0 aliphatic carbocycles. The molecule has 0 bridgehead atoms. The molecule has 1 heterocycles. The molecule has 1 aromatic rings. The molecule has 1 aromatic heterocycles. The summed E-state index contributed by atoms with van der Waals surface area (Å²) in [6.45, 7) is 3.98. The van der Waals surface area contributed by atoms with Crippen molar-refractivity contribution in [3.63, 3.8) is 0 Å². The van der Waals surface area contributed by atoms with Crippen molar-refractivity contribution in [2.45, 2.75) is 19.0 Å². The molecule has 0 spiro atoms. The van der Waals surface area contributed by atoms with Gasteiger partial charge >= 0.3 is 0 Å². The highest BCUT2D eigenvalue weighted by molar-refractivity contribution is 7.98. The van der Waals surface area contributed by atoms with Crippen LogP contribution in [-0.2, 0) is 0 Å². The number of hydrogen-bond donors (Lipinski definition) is 0. The smallest absolute Gasteiger partial charge is 0.265 e. The molecule has 76 valence electrons. The van der Waals surface area contributed by atoms with Gasteiger partial charge in [0, 0.05) is 6.21 Å².